The third kappa shape index (κ3) is 8.44. The van der Waals surface area contributed by atoms with Crippen LogP contribution in [0.5, 0.6) is 0 Å². The van der Waals surface area contributed by atoms with Crippen molar-refractivity contribution in [2.75, 3.05) is 6.54 Å². The van der Waals surface area contributed by atoms with Gasteiger partial charge in [-0.2, -0.15) is 0 Å². The van der Waals surface area contributed by atoms with E-state index in [1.807, 2.05) is 24.3 Å². The van der Waals surface area contributed by atoms with Crippen LogP contribution in [0.1, 0.15) is 17.5 Å². The van der Waals surface area contributed by atoms with Crippen LogP contribution in [0, 0.1) is 0 Å². The third-order valence-corrected chi connectivity index (χ3v) is 4.03. The van der Waals surface area contributed by atoms with E-state index in [2.05, 4.69) is 10.6 Å². The van der Waals surface area contributed by atoms with Crippen LogP contribution in [0.3, 0.4) is 0 Å². The van der Waals surface area contributed by atoms with Crippen LogP contribution in [0.4, 0.5) is 4.79 Å². The molecule has 29 heavy (non-hydrogen) atoms. The molecule has 8 nitrogen and oxygen atoms in total. The number of alkyl carbamates (subject to hydrolysis) is 1. The number of rotatable bonds is 10. The van der Waals surface area contributed by atoms with Gasteiger partial charge in [-0.3, -0.25) is 4.79 Å². The monoisotopic (exact) mass is 400 g/mol. The first-order valence-corrected chi connectivity index (χ1v) is 9.12. The van der Waals surface area contributed by atoms with Crippen LogP contribution in [0.25, 0.3) is 0 Å². The van der Waals surface area contributed by atoms with E-state index in [4.69, 9.17) is 4.74 Å². The minimum Gasteiger partial charge on any atom is -0.480 e. The minimum absolute atomic E-state index is 0.0863. The molecule has 0 heterocycles. The Hall–Kier alpha value is -3.39. The molecule has 0 fully saturated rings. The van der Waals surface area contributed by atoms with Crippen molar-refractivity contribution in [3.05, 3.63) is 71.8 Å². The smallest absolute Gasteiger partial charge is 0.407 e. The van der Waals surface area contributed by atoms with E-state index in [1.54, 1.807) is 36.4 Å². The van der Waals surface area contributed by atoms with Gasteiger partial charge in [0.05, 0.1) is 12.5 Å². The molecule has 2 rings (SSSR count). The highest BCUT2D eigenvalue weighted by molar-refractivity contribution is 5.84. The number of nitrogens with one attached hydrogen (secondary N) is 2. The first kappa shape index (κ1) is 21.9. The van der Waals surface area contributed by atoms with E-state index >= 15 is 0 Å². The van der Waals surface area contributed by atoms with Crippen LogP contribution < -0.4 is 10.6 Å². The summed E-state index contributed by atoms with van der Waals surface area (Å²) >= 11 is 0. The Bertz CT molecular complexity index is 797. The van der Waals surface area contributed by atoms with Gasteiger partial charge in [0.25, 0.3) is 0 Å². The average molecular weight is 400 g/mol. The molecular formula is C21H24N2O6. The Morgan fingerprint density at radius 1 is 0.931 bits per heavy atom. The molecule has 0 unspecified atom stereocenters. The second-order valence-electron chi connectivity index (χ2n) is 6.45. The van der Waals surface area contributed by atoms with Gasteiger partial charge in [0, 0.05) is 13.0 Å². The number of carboxylic acids is 1. The summed E-state index contributed by atoms with van der Waals surface area (Å²) in [4.78, 5) is 35.1. The molecule has 0 aliphatic rings. The number of carbonyl (C=O) groups is 3. The minimum atomic E-state index is -1.18. The number of ether oxygens (including phenoxy) is 1. The predicted molar refractivity (Wildman–Crippen MR) is 105 cm³/mol. The number of aliphatic hydroxyl groups is 1. The summed E-state index contributed by atoms with van der Waals surface area (Å²) in [6.45, 7) is -0.111. The highest BCUT2D eigenvalue weighted by Crippen LogP contribution is 2.04. The normalized spacial score (nSPS) is 12.4. The highest BCUT2D eigenvalue weighted by Gasteiger charge is 2.22. The molecule has 0 saturated heterocycles. The summed E-state index contributed by atoms with van der Waals surface area (Å²) < 4.78 is 5.01. The lowest BCUT2D eigenvalue weighted by molar-refractivity contribution is -0.142. The number of carbonyl (C=O) groups excluding carboxylic acids is 2. The molecule has 2 atom stereocenters. The van der Waals surface area contributed by atoms with Gasteiger partial charge in [-0.25, -0.2) is 9.59 Å². The molecule has 2 amide bonds. The molecule has 2 aromatic carbocycles. The SMILES string of the molecule is O=C(C[C@H](O)CNC(=O)OCc1ccccc1)N[C@@H](Cc1ccccc1)C(=O)O. The summed E-state index contributed by atoms with van der Waals surface area (Å²) in [6, 6.07) is 16.9. The zero-order valence-electron chi connectivity index (χ0n) is 15.8. The van der Waals surface area contributed by atoms with Gasteiger partial charge < -0.3 is 25.6 Å². The lowest BCUT2D eigenvalue weighted by Crippen LogP contribution is -2.44. The highest BCUT2D eigenvalue weighted by atomic mass is 16.5. The topological polar surface area (TPSA) is 125 Å². The van der Waals surface area contributed by atoms with E-state index in [9.17, 15) is 24.6 Å². The zero-order chi connectivity index (χ0) is 21.1. The van der Waals surface area contributed by atoms with E-state index in [1.165, 1.54) is 0 Å². The lowest BCUT2D eigenvalue weighted by atomic mass is 10.1. The molecule has 2 aromatic rings. The lowest BCUT2D eigenvalue weighted by Gasteiger charge is -2.16. The molecule has 0 bridgehead atoms. The molecule has 154 valence electrons. The number of benzene rings is 2. The maximum absolute atomic E-state index is 12.0. The van der Waals surface area contributed by atoms with Crippen molar-refractivity contribution in [2.24, 2.45) is 0 Å². The third-order valence-electron chi connectivity index (χ3n) is 4.03. The van der Waals surface area contributed by atoms with Crippen molar-refractivity contribution >= 4 is 18.0 Å². The van der Waals surface area contributed by atoms with E-state index in [-0.39, 0.29) is 26.0 Å². The molecule has 0 radical (unpaired) electrons. The number of aliphatic hydroxyl groups excluding tert-OH is 1. The quantitative estimate of drug-likeness (QED) is 0.479. The fourth-order valence-corrected chi connectivity index (χ4v) is 2.56. The van der Waals surface area contributed by atoms with Crippen molar-refractivity contribution < 1.29 is 29.3 Å². The summed E-state index contributed by atoms with van der Waals surface area (Å²) in [7, 11) is 0. The first-order valence-electron chi connectivity index (χ1n) is 9.12. The average Bonchev–Trinajstić information content (AvgIpc) is 2.71. The maximum Gasteiger partial charge on any atom is 0.407 e. The Balaban J connectivity index is 1.71. The van der Waals surface area contributed by atoms with Gasteiger partial charge in [0.1, 0.15) is 12.6 Å². The molecule has 0 aliphatic heterocycles. The van der Waals surface area contributed by atoms with Crippen LogP contribution in [-0.2, 0) is 27.4 Å². The summed E-state index contributed by atoms with van der Waals surface area (Å²) in [5.41, 5.74) is 1.59. The van der Waals surface area contributed by atoms with Crippen molar-refractivity contribution in [3.63, 3.8) is 0 Å². The molecule has 4 N–H and O–H groups in total. The fourth-order valence-electron chi connectivity index (χ4n) is 2.56. The maximum atomic E-state index is 12.0. The molecule has 0 aromatic heterocycles. The Kier molecular flexibility index (Phi) is 8.65. The van der Waals surface area contributed by atoms with Gasteiger partial charge in [0.15, 0.2) is 0 Å². The Morgan fingerprint density at radius 2 is 1.52 bits per heavy atom. The van der Waals surface area contributed by atoms with Gasteiger partial charge in [-0.1, -0.05) is 60.7 Å². The second-order valence-corrected chi connectivity index (χ2v) is 6.45. The van der Waals surface area contributed by atoms with Gasteiger partial charge in [0.2, 0.25) is 5.91 Å². The Morgan fingerprint density at radius 3 is 2.10 bits per heavy atom. The fraction of sp³-hybridized carbons (Fsp3) is 0.286. The number of amides is 2. The first-order chi connectivity index (χ1) is 13.9. The van der Waals surface area contributed by atoms with Gasteiger partial charge >= 0.3 is 12.1 Å². The van der Waals surface area contributed by atoms with Crippen molar-refractivity contribution in [3.8, 4) is 0 Å². The summed E-state index contributed by atoms with van der Waals surface area (Å²) in [6.07, 6.45) is -2.12. The van der Waals surface area contributed by atoms with Crippen LogP contribution >= 0.6 is 0 Å². The molecule has 0 saturated carbocycles. The second kappa shape index (κ2) is 11.5. The number of hydrogen-bond donors (Lipinski definition) is 4. The predicted octanol–water partition coefficient (Wildman–Crippen LogP) is 1.48. The van der Waals surface area contributed by atoms with E-state index in [0.29, 0.717) is 0 Å². The molecule has 8 heteroatoms. The summed E-state index contributed by atoms with van der Waals surface area (Å²) in [5, 5.41) is 24.0. The zero-order valence-corrected chi connectivity index (χ0v) is 15.8. The van der Waals surface area contributed by atoms with Crippen LogP contribution in [0.2, 0.25) is 0 Å². The Labute approximate surface area is 168 Å². The molecular weight excluding hydrogens is 376 g/mol. The van der Waals surface area contributed by atoms with Crippen molar-refractivity contribution in [1.29, 1.82) is 0 Å². The summed E-state index contributed by atoms with van der Waals surface area (Å²) in [5.74, 6) is -1.79. The van der Waals surface area contributed by atoms with Crippen LogP contribution in [0.15, 0.2) is 60.7 Å². The number of aliphatic carboxylic acids is 1. The van der Waals surface area contributed by atoms with Gasteiger partial charge in [-0.15, -0.1) is 0 Å². The van der Waals surface area contributed by atoms with Crippen molar-refractivity contribution in [1.82, 2.24) is 10.6 Å². The van der Waals surface area contributed by atoms with Gasteiger partial charge in [-0.05, 0) is 11.1 Å². The standard InChI is InChI=1S/C21H24N2O6/c24-17(13-22-21(28)29-14-16-9-5-2-6-10-16)12-19(25)23-18(20(26)27)11-15-7-3-1-4-8-15/h1-10,17-18,24H,11-14H2,(H,22,28)(H,23,25)(H,26,27)/t17-,18-/m0/s1. The van der Waals surface area contributed by atoms with E-state index in [0.717, 1.165) is 11.1 Å². The van der Waals surface area contributed by atoms with Crippen molar-refractivity contribution in [2.45, 2.75) is 31.6 Å². The number of carboxylic acid groups (broad SMARTS) is 1. The molecule has 0 spiro atoms. The van der Waals surface area contributed by atoms with E-state index < -0.39 is 30.1 Å². The molecule has 0 aliphatic carbocycles. The number of hydrogen-bond acceptors (Lipinski definition) is 5. The van der Waals surface area contributed by atoms with Crippen LogP contribution in [-0.4, -0.2) is 46.9 Å². The largest absolute Gasteiger partial charge is 0.480 e.